The second-order valence-electron chi connectivity index (χ2n) is 5.96. The molecule has 0 aliphatic heterocycles. The fourth-order valence-corrected chi connectivity index (χ4v) is 2.89. The molecule has 27 heavy (non-hydrogen) atoms. The van der Waals surface area contributed by atoms with Gasteiger partial charge in [-0.25, -0.2) is 13.2 Å². The summed E-state index contributed by atoms with van der Waals surface area (Å²) in [5, 5.41) is 5.02. The smallest absolute Gasteiger partial charge is 0.151 e. The Bertz CT molecular complexity index is 1130. The molecule has 1 heterocycles. The van der Waals surface area contributed by atoms with Gasteiger partial charge in [0.05, 0.1) is 17.6 Å². The number of aromatic nitrogens is 1. The van der Waals surface area contributed by atoms with Crippen molar-refractivity contribution >= 4 is 22.8 Å². The Morgan fingerprint density at radius 2 is 1.59 bits per heavy atom. The van der Waals surface area contributed by atoms with Crippen LogP contribution in [0.15, 0.2) is 71.8 Å². The van der Waals surface area contributed by atoms with Gasteiger partial charge in [0, 0.05) is 22.5 Å². The highest BCUT2D eigenvalue weighted by atomic mass is 19.1. The maximum Gasteiger partial charge on any atom is 0.151 e. The van der Waals surface area contributed by atoms with E-state index in [9.17, 15) is 13.2 Å². The molecule has 0 amide bonds. The monoisotopic (exact) mass is 365 g/mol. The van der Waals surface area contributed by atoms with Crippen LogP contribution in [0.1, 0.15) is 5.56 Å². The van der Waals surface area contributed by atoms with Crippen LogP contribution in [-0.4, -0.2) is 11.2 Å². The van der Waals surface area contributed by atoms with Gasteiger partial charge in [-0.05, 0) is 48.0 Å². The van der Waals surface area contributed by atoms with Crippen molar-refractivity contribution in [2.45, 2.75) is 0 Å². The number of nitrogens with one attached hydrogen (secondary N) is 2. The highest BCUT2D eigenvalue weighted by Gasteiger charge is 2.11. The van der Waals surface area contributed by atoms with Gasteiger partial charge in [0.15, 0.2) is 5.82 Å². The molecule has 2 N–H and O–H groups in total. The van der Waals surface area contributed by atoms with E-state index >= 15 is 0 Å². The molecule has 0 unspecified atom stereocenters. The van der Waals surface area contributed by atoms with Crippen LogP contribution in [0, 0.1) is 17.5 Å². The van der Waals surface area contributed by atoms with Crippen LogP contribution in [0.4, 0.5) is 18.9 Å². The van der Waals surface area contributed by atoms with Gasteiger partial charge in [0.1, 0.15) is 11.6 Å². The minimum atomic E-state index is -0.732. The molecule has 4 aromatic rings. The molecule has 0 saturated heterocycles. The highest BCUT2D eigenvalue weighted by Crippen LogP contribution is 2.29. The fraction of sp³-hybridized carbons (Fsp3) is 0. The second kappa shape index (κ2) is 6.99. The first kappa shape index (κ1) is 16.9. The summed E-state index contributed by atoms with van der Waals surface area (Å²) >= 11 is 0. The number of anilines is 1. The molecule has 0 bridgehead atoms. The molecule has 3 aromatic carbocycles. The van der Waals surface area contributed by atoms with E-state index in [-0.39, 0.29) is 11.5 Å². The zero-order chi connectivity index (χ0) is 18.8. The Morgan fingerprint density at radius 1 is 0.852 bits per heavy atom. The van der Waals surface area contributed by atoms with Crippen LogP contribution in [0.3, 0.4) is 0 Å². The number of fused-ring (bicyclic) bond motifs is 1. The minimum absolute atomic E-state index is 0.0656. The van der Waals surface area contributed by atoms with Crippen LogP contribution in [0.25, 0.3) is 22.2 Å². The van der Waals surface area contributed by atoms with Crippen LogP contribution < -0.4 is 5.43 Å². The number of halogens is 3. The van der Waals surface area contributed by atoms with E-state index < -0.39 is 11.6 Å². The molecular weight excluding hydrogens is 351 g/mol. The zero-order valence-electron chi connectivity index (χ0n) is 14.0. The van der Waals surface area contributed by atoms with E-state index in [2.05, 4.69) is 15.5 Å². The van der Waals surface area contributed by atoms with E-state index in [1.807, 2.05) is 24.3 Å². The van der Waals surface area contributed by atoms with E-state index in [1.165, 1.54) is 18.2 Å². The molecule has 0 saturated carbocycles. The lowest BCUT2D eigenvalue weighted by Crippen LogP contribution is -1.95. The Balaban J connectivity index is 1.73. The van der Waals surface area contributed by atoms with Gasteiger partial charge in [0.2, 0.25) is 0 Å². The molecule has 3 nitrogen and oxygen atoms in total. The standard InChI is InChI=1S/C21H14F3N3/c22-14-7-5-13(6-8-14)21-17(16-3-1-2-4-19(16)26-21)12-25-27-20-10-9-15(23)11-18(20)24/h1-12,26-27H/b25-12+. The predicted molar refractivity (Wildman–Crippen MR) is 101 cm³/mol. The van der Waals surface area contributed by atoms with Crippen molar-refractivity contribution in [3.05, 3.63) is 89.7 Å². The lowest BCUT2D eigenvalue weighted by atomic mass is 10.1. The third-order valence-electron chi connectivity index (χ3n) is 4.19. The third-order valence-corrected chi connectivity index (χ3v) is 4.19. The Morgan fingerprint density at radius 3 is 2.37 bits per heavy atom. The minimum Gasteiger partial charge on any atom is -0.354 e. The van der Waals surface area contributed by atoms with Crippen LogP contribution in [0.5, 0.6) is 0 Å². The molecule has 0 spiro atoms. The Kier molecular flexibility index (Phi) is 4.38. The summed E-state index contributed by atoms with van der Waals surface area (Å²) < 4.78 is 40.0. The Hall–Kier alpha value is -3.54. The number of hydrogen-bond acceptors (Lipinski definition) is 2. The second-order valence-corrected chi connectivity index (χ2v) is 5.96. The maximum absolute atomic E-state index is 13.7. The van der Waals surface area contributed by atoms with Crippen molar-refractivity contribution < 1.29 is 13.2 Å². The molecule has 0 aliphatic carbocycles. The third kappa shape index (κ3) is 3.42. The lowest BCUT2D eigenvalue weighted by molar-refractivity contribution is 0.585. The average Bonchev–Trinajstić information content (AvgIpc) is 3.03. The summed E-state index contributed by atoms with van der Waals surface area (Å²) in [6.45, 7) is 0. The van der Waals surface area contributed by atoms with Crippen molar-refractivity contribution in [1.29, 1.82) is 0 Å². The van der Waals surface area contributed by atoms with E-state index in [0.717, 1.165) is 39.9 Å². The SMILES string of the molecule is Fc1ccc(-c2[nH]c3ccccc3c2/C=N/Nc2ccc(F)cc2F)cc1. The quantitative estimate of drug-likeness (QED) is 0.354. The predicted octanol–water partition coefficient (Wildman–Crippen LogP) is 5.70. The number of hydrogen-bond donors (Lipinski definition) is 2. The van der Waals surface area contributed by atoms with Crippen LogP contribution in [-0.2, 0) is 0 Å². The molecule has 134 valence electrons. The number of aromatic amines is 1. The van der Waals surface area contributed by atoms with E-state index in [1.54, 1.807) is 18.3 Å². The largest absolute Gasteiger partial charge is 0.354 e. The van der Waals surface area contributed by atoms with E-state index in [0.29, 0.717) is 0 Å². The van der Waals surface area contributed by atoms with Crippen LogP contribution >= 0.6 is 0 Å². The van der Waals surface area contributed by atoms with Crippen LogP contribution in [0.2, 0.25) is 0 Å². The molecule has 0 aliphatic rings. The summed E-state index contributed by atoms with van der Waals surface area (Å²) in [6, 6.07) is 17.0. The first-order valence-corrected chi connectivity index (χ1v) is 8.22. The zero-order valence-corrected chi connectivity index (χ0v) is 14.0. The molecule has 0 fully saturated rings. The summed E-state index contributed by atoms with van der Waals surface area (Å²) in [4.78, 5) is 3.30. The van der Waals surface area contributed by atoms with Gasteiger partial charge in [-0.1, -0.05) is 18.2 Å². The average molecular weight is 365 g/mol. The molecule has 6 heteroatoms. The number of benzene rings is 3. The van der Waals surface area contributed by atoms with Crippen molar-refractivity contribution in [3.63, 3.8) is 0 Å². The summed E-state index contributed by atoms with van der Waals surface area (Å²) in [5.41, 5.74) is 5.87. The Labute approximate surface area is 153 Å². The number of para-hydroxylation sites is 1. The summed E-state index contributed by atoms with van der Waals surface area (Å²) in [6.07, 6.45) is 1.56. The summed E-state index contributed by atoms with van der Waals surface area (Å²) in [7, 11) is 0. The number of hydrazone groups is 1. The van der Waals surface area contributed by atoms with Crippen molar-refractivity contribution in [2.75, 3.05) is 5.43 Å². The number of nitrogens with zero attached hydrogens (tertiary/aromatic N) is 1. The van der Waals surface area contributed by atoms with E-state index in [4.69, 9.17) is 0 Å². The molecule has 0 radical (unpaired) electrons. The summed E-state index contributed by atoms with van der Waals surface area (Å²) in [5.74, 6) is -1.71. The molecular formula is C21H14F3N3. The molecule has 0 atom stereocenters. The van der Waals surface area contributed by atoms with Crippen molar-refractivity contribution in [1.82, 2.24) is 4.98 Å². The van der Waals surface area contributed by atoms with Gasteiger partial charge in [-0.3, -0.25) is 5.43 Å². The van der Waals surface area contributed by atoms with Gasteiger partial charge in [-0.15, -0.1) is 0 Å². The number of H-pyrrole nitrogens is 1. The normalized spacial score (nSPS) is 11.4. The maximum atomic E-state index is 13.7. The molecule has 4 rings (SSSR count). The first-order chi connectivity index (χ1) is 13.1. The lowest BCUT2D eigenvalue weighted by Gasteiger charge is -2.03. The highest BCUT2D eigenvalue weighted by molar-refractivity contribution is 6.06. The van der Waals surface area contributed by atoms with Gasteiger partial charge in [-0.2, -0.15) is 5.10 Å². The van der Waals surface area contributed by atoms with Crippen molar-refractivity contribution in [2.24, 2.45) is 5.10 Å². The number of rotatable bonds is 4. The van der Waals surface area contributed by atoms with Gasteiger partial charge in [0.25, 0.3) is 0 Å². The first-order valence-electron chi connectivity index (χ1n) is 8.22. The topological polar surface area (TPSA) is 40.2 Å². The fourth-order valence-electron chi connectivity index (χ4n) is 2.89. The van der Waals surface area contributed by atoms with Gasteiger partial charge >= 0.3 is 0 Å². The van der Waals surface area contributed by atoms with Crippen molar-refractivity contribution in [3.8, 4) is 11.3 Å². The molecule has 1 aromatic heterocycles. The van der Waals surface area contributed by atoms with Gasteiger partial charge < -0.3 is 4.98 Å².